The van der Waals surface area contributed by atoms with Gasteiger partial charge in [-0.3, -0.25) is 14.4 Å². The van der Waals surface area contributed by atoms with Gasteiger partial charge in [0.2, 0.25) is 0 Å². The first-order valence-electron chi connectivity index (χ1n) is 9.33. The van der Waals surface area contributed by atoms with E-state index < -0.39 is 23.5 Å². The number of unbranched alkanes of at least 4 members (excludes halogenated alkanes) is 3. The molecule has 0 bridgehead atoms. The second-order valence-corrected chi connectivity index (χ2v) is 7.36. The van der Waals surface area contributed by atoms with Crippen LogP contribution in [-0.2, 0) is 23.9 Å². The van der Waals surface area contributed by atoms with Gasteiger partial charge in [-0.2, -0.15) is 0 Å². The van der Waals surface area contributed by atoms with E-state index in [1.807, 2.05) is 6.92 Å². The topological polar surface area (TPSA) is 110 Å². The number of ether oxygens (including phenoxy) is 2. The third-order valence-corrected chi connectivity index (χ3v) is 4.47. The van der Waals surface area contributed by atoms with Crippen molar-refractivity contribution < 1.29 is 34.1 Å². The number of aliphatic carboxylic acids is 1. The van der Waals surface area contributed by atoms with Gasteiger partial charge in [0.1, 0.15) is 19.3 Å². The summed E-state index contributed by atoms with van der Waals surface area (Å²) in [7, 11) is 0. The van der Waals surface area contributed by atoms with E-state index in [4.69, 9.17) is 14.6 Å². The highest BCUT2D eigenvalue weighted by Gasteiger charge is 2.27. The molecule has 26 heavy (non-hydrogen) atoms. The number of rotatable bonds is 14. The number of carbonyl (C=O) groups is 3. The van der Waals surface area contributed by atoms with Gasteiger partial charge in [-0.05, 0) is 33.1 Å². The largest absolute Gasteiger partial charge is 0.481 e. The van der Waals surface area contributed by atoms with E-state index in [1.165, 1.54) is 0 Å². The molecule has 0 amide bonds. The van der Waals surface area contributed by atoms with E-state index in [-0.39, 0.29) is 31.5 Å². The van der Waals surface area contributed by atoms with E-state index in [0.717, 1.165) is 19.3 Å². The molecule has 0 aliphatic rings. The fraction of sp³-hybridized carbons (Fsp3) is 0.842. The van der Waals surface area contributed by atoms with E-state index in [9.17, 15) is 19.5 Å². The highest BCUT2D eigenvalue weighted by Crippen LogP contribution is 2.21. The van der Waals surface area contributed by atoms with Crippen molar-refractivity contribution in [2.24, 2.45) is 11.3 Å². The molecular weight excluding hydrogens is 340 g/mol. The monoisotopic (exact) mass is 374 g/mol. The van der Waals surface area contributed by atoms with Crippen molar-refractivity contribution in [1.29, 1.82) is 0 Å². The van der Waals surface area contributed by atoms with Gasteiger partial charge in [-0.1, -0.05) is 33.1 Å². The molecule has 0 fully saturated rings. The molecule has 0 aromatic heterocycles. The minimum Gasteiger partial charge on any atom is -0.481 e. The summed E-state index contributed by atoms with van der Waals surface area (Å²) in [4.78, 5) is 34.0. The van der Waals surface area contributed by atoms with Crippen LogP contribution in [0.25, 0.3) is 0 Å². The zero-order valence-electron chi connectivity index (χ0n) is 16.5. The van der Waals surface area contributed by atoms with Crippen LogP contribution in [0.5, 0.6) is 0 Å². The van der Waals surface area contributed by atoms with Crippen molar-refractivity contribution in [1.82, 2.24) is 0 Å². The summed E-state index contributed by atoms with van der Waals surface area (Å²) in [6, 6.07) is 0. The molecular formula is C19H34O7. The first kappa shape index (κ1) is 24.4. The van der Waals surface area contributed by atoms with Crippen LogP contribution in [0.15, 0.2) is 0 Å². The summed E-state index contributed by atoms with van der Waals surface area (Å²) in [6.45, 7) is 6.71. The second kappa shape index (κ2) is 12.7. The van der Waals surface area contributed by atoms with Crippen molar-refractivity contribution >= 4 is 17.9 Å². The highest BCUT2D eigenvalue weighted by molar-refractivity contribution is 5.75. The van der Waals surface area contributed by atoms with Gasteiger partial charge in [-0.25, -0.2) is 0 Å². The number of aliphatic hydroxyl groups is 1. The molecule has 0 radical (unpaired) electrons. The van der Waals surface area contributed by atoms with Crippen molar-refractivity contribution in [3.8, 4) is 0 Å². The summed E-state index contributed by atoms with van der Waals surface area (Å²) in [5, 5.41) is 18.5. The Morgan fingerprint density at radius 3 is 2.15 bits per heavy atom. The number of hydrogen-bond donors (Lipinski definition) is 2. The first-order chi connectivity index (χ1) is 12.1. The maximum atomic E-state index is 11.8. The molecule has 2 N–H and O–H groups in total. The number of hydrogen-bond acceptors (Lipinski definition) is 6. The van der Waals surface area contributed by atoms with Gasteiger partial charge in [0.25, 0.3) is 0 Å². The van der Waals surface area contributed by atoms with Crippen LogP contribution in [0.1, 0.15) is 72.6 Å². The van der Waals surface area contributed by atoms with Gasteiger partial charge < -0.3 is 19.7 Å². The summed E-state index contributed by atoms with van der Waals surface area (Å²) in [6.07, 6.45) is 3.67. The number of carbonyl (C=O) groups excluding carboxylic acids is 2. The van der Waals surface area contributed by atoms with Gasteiger partial charge in [-0.15, -0.1) is 0 Å². The lowest BCUT2D eigenvalue weighted by Gasteiger charge is -2.21. The molecule has 2 atom stereocenters. The molecule has 7 heteroatoms. The molecule has 7 nitrogen and oxygen atoms in total. The standard InChI is InChI=1S/C19H34O7/c1-5-19(3,4)18(24)26-13-15(20)12-25-16(21)11-9-7-6-8-10-14(2)17(22)23/h14-15,20H,5-13H2,1-4H3,(H,22,23). The van der Waals surface area contributed by atoms with Gasteiger partial charge in [0.05, 0.1) is 11.3 Å². The maximum absolute atomic E-state index is 11.8. The number of carboxylic acid groups (broad SMARTS) is 1. The molecule has 152 valence electrons. The highest BCUT2D eigenvalue weighted by atomic mass is 16.6. The molecule has 0 rings (SSSR count). The zero-order valence-corrected chi connectivity index (χ0v) is 16.5. The van der Waals surface area contributed by atoms with E-state index in [1.54, 1.807) is 20.8 Å². The van der Waals surface area contributed by atoms with Crippen LogP contribution in [0.2, 0.25) is 0 Å². The minimum atomic E-state index is -1.03. The maximum Gasteiger partial charge on any atom is 0.311 e. The van der Waals surface area contributed by atoms with Crippen LogP contribution in [0, 0.1) is 11.3 Å². The van der Waals surface area contributed by atoms with E-state index in [0.29, 0.717) is 19.3 Å². The normalized spacial score (nSPS) is 13.7. The van der Waals surface area contributed by atoms with Crippen LogP contribution in [0.4, 0.5) is 0 Å². The summed E-state index contributed by atoms with van der Waals surface area (Å²) >= 11 is 0. The number of carboxylic acids is 1. The predicted molar refractivity (Wildman–Crippen MR) is 96.5 cm³/mol. The van der Waals surface area contributed by atoms with Crippen LogP contribution in [0.3, 0.4) is 0 Å². The Morgan fingerprint density at radius 1 is 1.00 bits per heavy atom. The lowest BCUT2D eigenvalue weighted by atomic mass is 9.91. The lowest BCUT2D eigenvalue weighted by molar-refractivity contribution is -0.159. The average molecular weight is 374 g/mol. The van der Waals surface area contributed by atoms with E-state index in [2.05, 4.69) is 0 Å². The Bertz CT molecular complexity index is 445. The number of aliphatic hydroxyl groups excluding tert-OH is 1. The van der Waals surface area contributed by atoms with Crippen LogP contribution < -0.4 is 0 Å². The van der Waals surface area contributed by atoms with Crippen LogP contribution in [-0.4, -0.2) is 47.4 Å². The van der Waals surface area contributed by atoms with Crippen molar-refractivity contribution in [2.45, 2.75) is 78.7 Å². The number of esters is 2. The molecule has 0 spiro atoms. The van der Waals surface area contributed by atoms with Crippen molar-refractivity contribution in [2.75, 3.05) is 13.2 Å². The average Bonchev–Trinajstić information content (AvgIpc) is 2.60. The molecule has 0 saturated carbocycles. The minimum absolute atomic E-state index is 0.197. The summed E-state index contributed by atoms with van der Waals surface area (Å²) in [5.41, 5.74) is -0.599. The Balaban J connectivity index is 3.73. The Morgan fingerprint density at radius 2 is 1.58 bits per heavy atom. The molecule has 2 unspecified atom stereocenters. The SMILES string of the molecule is CCC(C)(C)C(=O)OCC(O)COC(=O)CCCCCCC(C)C(=O)O. The molecule has 0 aliphatic carbocycles. The zero-order chi connectivity index (χ0) is 20.2. The molecule has 0 heterocycles. The van der Waals surface area contributed by atoms with Gasteiger partial charge in [0, 0.05) is 6.42 Å². The Kier molecular flexibility index (Phi) is 11.9. The quantitative estimate of drug-likeness (QED) is 0.355. The fourth-order valence-electron chi connectivity index (χ4n) is 2.02. The molecule has 0 aromatic rings. The fourth-order valence-corrected chi connectivity index (χ4v) is 2.02. The van der Waals surface area contributed by atoms with E-state index >= 15 is 0 Å². The Labute approximate surface area is 156 Å². The third-order valence-electron chi connectivity index (χ3n) is 4.47. The first-order valence-corrected chi connectivity index (χ1v) is 9.33. The molecule has 0 aliphatic heterocycles. The summed E-state index contributed by atoms with van der Waals surface area (Å²) in [5.74, 6) is -1.90. The molecule has 0 aromatic carbocycles. The second-order valence-electron chi connectivity index (χ2n) is 7.36. The van der Waals surface area contributed by atoms with Crippen molar-refractivity contribution in [3.63, 3.8) is 0 Å². The molecule has 0 saturated heterocycles. The predicted octanol–water partition coefficient (Wildman–Crippen LogP) is 2.93. The summed E-state index contributed by atoms with van der Waals surface area (Å²) < 4.78 is 10.00. The van der Waals surface area contributed by atoms with Gasteiger partial charge in [0.15, 0.2) is 0 Å². The lowest BCUT2D eigenvalue weighted by Crippen LogP contribution is -2.31. The third kappa shape index (κ3) is 11.1. The van der Waals surface area contributed by atoms with Crippen molar-refractivity contribution in [3.05, 3.63) is 0 Å². The Hall–Kier alpha value is -1.63. The smallest absolute Gasteiger partial charge is 0.311 e. The van der Waals surface area contributed by atoms with Crippen LogP contribution >= 0.6 is 0 Å². The van der Waals surface area contributed by atoms with Gasteiger partial charge >= 0.3 is 17.9 Å².